The molecule has 1 aromatic rings. The average molecular weight is 315 g/mol. The number of nitro groups is 2. The number of benzene rings is 1. The molecule has 116 valence electrons. The number of allylic oxidation sites excluding steroid dienone is 4. The quantitative estimate of drug-likeness (QED) is 0.477. The van der Waals surface area contributed by atoms with Gasteiger partial charge in [-0.25, -0.2) is 4.99 Å². The van der Waals surface area contributed by atoms with E-state index in [9.17, 15) is 29.8 Å². The second-order valence-corrected chi connectivity index (χ2v) is 4.58. The Morgan fingerprint density at radius 3 is 2.39 bits per heavy atom. The number of nitro benzene ring substituents is 2. The first kappa shape index (κ1) is 15.9. The largest absolute Gasteiger partial charge is 0.290 e. The minimum atomic E-state index is -0.926. The Morgan fingerprint density at radius 2 is 1.83 bits per heavy atom. The lowest BCUT2D eigenvalue weighted by molar-refractivity contribution is -0.394. The smallest absolute Gasteiger partial charge is 0.289 e. The Kier molecular flexibility index (Phi) is 4.21. The Hall–Kier alpha value is -3.49. The molecule has 0 saturated carbocycles. The highest BCUT2D eigenvalue weighted by Gasteiger charge is 2.24. The summed E-state index contributed by atoms with van der Waals surface area (Å²) in [5.41, 5.74) is -1.04. The number of amides is 1. The maximum absolute atomic E-state index is 12.1. The van der Waals surface area contributed by atoms with Gasteiger partial charge in [0.2, 0.25) is 0 Å². The van der Waals surface area contributed by atoms with Crippen LogP contribution >= 0.6 is 0 Å². The summed E-state index contributed by atoms with van der Waals surface area (Å²) in [5, 5.41) is 21.7. The normalized spacial score (nSPS) is 15.4. The average Bonchev–Trinajstić information content (AvgIpc) is 2.50. The van der Waals surface area contributed by atoms with Crippen molar-refractivity contribution in [3.05, 3.63) is 67.8 Å². The molecular weight excluding hydrogens is 306 g/mol. The summed E-state index contributed by atoms with van der Waals surface area (Å²) in [6, 6.07) is 2.67. The van der Waals surface area contributed by atoms with E-state index in [0.29, 0.717) is 11.6 Å². The van der Waals surface area contributed by atoms with Crippen LogP contribution in [-0.4, -0.2) is 27.2 Å². The first-order chi connectivity index (χ1) is 10.8. The van der Waals surface area contributed by atoms with E-state index in [-0.39, 0.29) is 17.1 Å². The highest BCUT2D eigenvalue weighted by atomic mass is 16.6. The first-order valence-electron chi connectivity index (χ1n) is 6.26. The highest BCUT2D eigenvalue weighted by molar-refractivity contribution is 6.22. The number of ketones is 1. The van der Waals surface area contributed by atoms with Gasteiger partial charge in [-0.2, -0.15) is 0 Å². The van der Waals surface area contributed by atoms with Crippen LogP contribution in [-0.2, 0) is 4.79 Å². The molecule has 0 spiro atoms. The number of non-ortho nitro benzene ring substituents is 1. The standard InChI is InChI=1S/C14H9N3O6/c1-8-6-9(2-5-13(8)18)15-14(19)11-4-3-10(16(20)21)7-12(11)17(22)23/h2-7H,1H3. The lowest BCUT2D eigenvalue weighted by Crippen LogP contribution is -2.09. The molecular formula is C14H9N3O6. The zero-order valence-electron chi connectivity index (χ0n) is 11.8. The Balaban J connectivity index is 2.44. The maximum atomic E-state index is 12.1. The van der Waals surface area contributed by atoms with Crippen molar-refractivity contribution < 1.29 is 19.4 Å². The summed E-state index contributed by atoms with van der Waals surface area (Å²) in [4.78, 5) is 47.1. The second kappa shape index (κ2) is 6.10. The number of nitrogens with zero attached hydrogens (tertiary/aromatic N) is 3. The molecule has 0 heterocycles. The van der Waals surface area contributed by atoms with Crippen molar-refractivity contribution in [2.45, 2.75) is 6.92 Å². The van der Waals surface area contributed by atoms with E-state index in [0.717, 1.165) is 12.1 Å². The number of aliphatic imine (C=N–C) groups is 1. The number of carbonyl (C=O) groups excluding carboxylic acids is 2. The Morgan fingerprint density at radius 1 is 1.13 bits per heavy atom. The third kappa shape index (κ3) is 3.40. The number of hydrogen-bond donors (Lipinski definition) is 0. The molecule has 0 aromatic heterocycles. The van der Waals surface area contributed by atoms with E-state index in [1.807, 2.05) is 0 Å². The fourth-order valence-electron chi connectivity index (χ4n) is 1.85. The summed E-state index contributed by atoms with van der Waals surface area (Å²) in [7, 11) is 0. The van der Waals surface area contributed by atoms with Crippen LogP contribution in [0.1, 0.15) is 17.3 Å². The van der Waals surface area contributed by atoms with Crippen molar-refractivity contribution in [2.24, 2.45) is 4.99 Å². The van der Waals surface area contributed by atoms with Crippen LogP contribution in [0.15, 0.2) is 47.0 Å². The lowest BCUT2D eigenvalue weighted by atomic mass is 10.0. The van der Waals surface area contributed by atoms with Crippen LogP contribution in [0.3, 0.4) is 0 Å². The second-order valence-electron chi connectivity index (χ2n) is 4.58. The molecule has 2 rings (SSSR count). The summed E-state index contributed by atoms with van der Waals surface area (Å²) in [5.74, 6) is -1.15. The molecule has 0 saturated heterocycles. The zero-order chi connectivity index (χ0) is 17.1. The monoisotopic (exact) mass is 315 g/mol. The van der Waals surface area contributed by atoms with Crippen LogP contribution in [0, 0.1) is 20.2 Å². The fourth-order valence-corrected chi connectivity index (χ4v) is 1.85. The van der Waals surface area contributed by atoms with Crippen LogP contribution in [0.4, 0.5) is 11.4 Å². The molecule has 0 bridgehead atoms. The van der Waals surface area contributed by atoms with Crippen LogP contribution in [0.5, 0.6) is 0 Å². The van der Waals surface area contributed by atoms with Crippen LogP contribution in [0.2, 0.25) is 0 Å². The fraction of sp³-hybridized carbons (Fsp3) is 0.0714. The van der Waals surface area contributed by atoms with Crippen molar-refractivity contribution in [1.29, 1.82) is 0 Å². The summed E-state index contributed by atoms with van der Waals surface area (Å²) in [6.45, 7) is 1.54. The Bertz CT molecular complexity index is 835. The SMILES string of the molecule is CC1=CC(=NC(=O)c2ccc([N+](=O)[O-])cc2[N+](=O)[O-])C=CC1=O. The molecule has 0 fully saturated rings. The molecule has 23 heavy (non-hydrogen) atoms. The molecule has 0 unspecified atom stereocenters. The zero-order valence-corrected chi connectivity index (χ0v) is 11.8. The van der Waals surface area contributed by atoms with Crippen molar-refractivity contribution in [1.82, 2.24) is 0 Å². The third-order valence-electron chi connectivity index (χ3n) is 3.01. The minimum absolute atomic E-state index is 0.166. The van der Waals surface area contributed by atoms with Gasteiger partial charge >= 0.3 is 0 Å². The minimum Gasteiger partial charge on any atom is -0.290 e. The number of hydrogen-bond acceptors (Lipinski definition) is 6. The molecule has 9 nitrogen and oxygen atoms in total. The van der Waals surface area contributed by atoms with Gasteiger partial charge in [-0.05, 0) is 36.8 Å². The molecule has 0 N–H and O–H groups in total. The number of carbonyl (C=O) groups is 2. The topological polar surface area (TPSA) is 133 Å². The molecule has 1 aliphatic carbocycles. The van der Waals surface area contributed by atoms with Gasteiger partial charge in [0.05, 0.1) is 21.6 Å². The van der Waals surface area contributed by atoms with Crippen LogP contribution < -0.4 is 0 Å². The predicted molar refractivity (Wildman–Crippen MR) is 79.4 cm³/mol. The van der Waals surface area contributed by atoms with E-state index >= 15 is 0 Å². The van der Waals surface area contributed by atoms with Crippen LogP contribution in [0.25, 0.3) is 0 Å². The van der Waals surface area contributed by atoms with Gasteiger partial charge < -0.3 is 0 Å². The molecule has 0 atom stereocenters. The van der Waals surface area contributed by atoms with Crippen molar-refractivity contribution in [3.63, 3.8) is 0 Å². The molecule has 1 aromatic carbocycles. The molecule has 1 amide bonds. The summed E-state index contributed by atoms with van der Waals surface area (Å²) >= 11 is 0. The predicted octanol–water partition coefficient (Wildman–Crippen LogP) is 2.17. The summed E-state index contributed by atoms with van der Waals surface area (Å²) < 4.78 is 0. The molecule has 9 heteroatoms. The van der Waals surface area contributed by atoms with Crippen molar-refractivity contribution >= 4 is 28.8 Å². The van der Waals surface area contributed by atoms with Gasteiger partial charge in [0, 0.05) is 6.07 Å². The van der Waals surface area contributed by atoms with Crippen molar-refractivity contribution in [2.75, 3.05) is 0 Å². The van der Waals surface area contributed by atoms with E-state index in [2.05, 4.69) is 4.99 Å². The van der Waals surface area contributed by atoms with Gasteiger partial charge in [-0.3, -0.25) is 29.8 Å². The van der Waals surface area contributed by atoms with E-state index in [1.54, 1.807) is 6.92 Å². The van der Waals surface area contributed by atoms with Gasteiger partial charge in [-0.1, -0.05) is 0 Å². The van der Waals surface area contributed by atoms with Gasteiger partial charge in [0.15, 0.2) is 5.78 Å². The third-order valence-corrected chi connectivity index (χ3v) is 3.01. The first-order valence-corrected chi connectivity index (χ1v) is 6.26. The summed E-state index contributed by atoms with van der Waals surface area (Å²) in [6.07, 6.45) is 3.91. The Labute approximate surface area is 128 Å². The van der Waals surface area contributed by atoms with Gasteiger partial charge in [-0.15, -0.1) is 0 Å². The molecule has 1 aliphatic rings. The van der Waals surface area contributed by atoms with E-state index < -0.39 is 27.1 Å². The van der Waals surface area contributed by atoms with Gasteiger partial charge in [0.1, 0.15) is 5.56 Å². The maximum Gasteiger partial charge on any atom is 0.289 e. The van der Waals surface area contributed by atoms with Crippen molar-refractivity contribution in [3.8, 4) is 0 Å². The van der Waals surface area contributed by atoms with E-state index in [1.165, 1.54) is 18.2 Å². The highest BCUT2D eigenvalue weighted by Crippen LogP contribution is 2.25. The van der Waals surface area contributed by atoms with E-state index in [4.69, 9.17) is 0 Å². The molecule has 0 aliphatic heterocycles. The molecule has 0 radical (unpaired) electrons. The lowest BCUT2D eigenvalue weighted by Gasteiger charge is -2.04. The number of rotatable bonds is 3. The van der Waals surface area contributed by atoms with Gasteiger partial charge in [0.25, 0.3) is 17.3 Å².